The fraction of sp³-hybridized carbons (Fsp3) is 0.929. The van der Waals surface area contributed by atoms with Gasteiger partial charge in [-0.05, 0) is 25.7 Å². The monoisotopic (exact) mass is 516 g/mol. The predicted molar refractivity (Wildman–Crippen MR) is 134 cm³/mol. The minimum atomic E-state index is -1.37. The van der Waals surface area contributed by atoms with E-state index in [2.05, 4.69) is 13.8 Å². The maximum atomic E-state index is 9.50. The van der Waals surface area contributed by atoms with E-state index in [0.717, 1.165) is 13.2 Å². The molecule has 5 nitrogen and oxygen atoms in total. The van der Waals surface area contributed by atoms with E-state index in [-0.39, 0.29) is 59.1 Å². The molecule has 0 radical (unpaired) electrons. The fourth-order valence-corrected chi connectivity index (χ4v) is 3.69. The molecule has 0 unspecified atom stereocenters. The van der Waals surface area contributed by atoms with E-state index in [1.807, 2.05) is 0 Å². The maximum Gasteiger partial charge on any atom is 1.00 e. The summed E-state index contributed by atoms with van der Waals surface area (Å²) in [5.41, 5.74) is 0. The van der Waals surface area contributed by atoms with Crippen molar-refractivity contribution < 1.29 is 83.7 Å². The molecule has 0 atom stereocenters. The molecule has 0 N–H and O–H groups in total. The third kappa shape index (κ3) is 48.5. The summed E-state index contributed by atoms with van der Waals surface area (Å²) in [5, 5.41) is 19.0. The topological polar surface area (TPSA) is 89.5 Å². The summed E-state index contributed by atoms with van der Waals surface area (Å²) in [6.45, 7) is 6.57. The zero-order valence-corrected chi connectivity index (χ0v) is 28.0. The Morgan fingerprint density at radius 1 is 0.457 bits per heavy atom. The summed E-state index contributed by atoms with van der Waals surface area (Å²) < 4.78 is 5.78. The molecule has 0 aromatic carbocycles. The number of carbonyl (C=O) groups excluding carboxylic acids is 2. The van der Waals surface area contributed by atoms with Crippen molar-refractivity contribution in [3.8, 4) is 0 Å². The number of carbonyl (C=O) groups is 2. The van der Waals surface area contributed by atoms with Gasteiger partial charge in [0.05, 0.1) is 0 Å². The normalized spacial score (nSPS) is 10.0. The number of carboxylic acids is 2. The van der Waals surface area contributed by atoms with Crippen molar-refractivity contribution in [2.45, 2.75) is 155 Å². The molecule has 0 bridgehead atoms. The second-order valence-electron chi connectivity index (χ2n) is 9.22. The molecule has 0 aliphatic carbocycles. The van der Waals surface area contributed by atoms with Crippen LogP contribution in [-0.2, 0) is 14.3 Å². The van der Waals surface area contributed by atoms with Crippen LogP contribution in [0, 0.1) is 0 Å². The number of aliphatic carboxylic acids is 2. The quantitative estimate of drug-likeness (QED) is 0.127. The van der Waals surface area contributed by atoms with Gasteiger partial charge in [-0.25, -0.2) is 0 Å². The van der Waals surface area contributed by atoms with E-state index in [4.69, 9.17) is 4.74 Å². The largest absolute Gasteiger partial charge is 1.00 e. The molecule has 0 aromatic rings. The Morgan fingerprint density at radius 2 is 0.686 bits per heavy atom. The Balaban J connectivity index is -0.000000412. The molecule has 35 heavy (non-hydrogen) atoms. The molecule has 0 amide bonds. The van der Waals surface area contributed by atoms with Crippen LogP contribution in [0.5, 0.6) is 0 Å². The van der Waals surface area contributed by atoms with E-state index < -0.39 is 24.8 Å². The van der Waals surface area contributed by atoms with Gasteiger partial charge >= 0.3 is 59.1 Å². The Morgan fingerprint density at radius 3 is 0.914 bits per heavy atom. The summed E-state index contributed by atoms with van der Waals surface area (Å²) in [5.74, 6) is -2.73. The molecule has 0 saturated carbocycles. The molecular formula is C28H54Na2O5. The van der Waals surface area contributed by atoms with Gasteiger partial charge in [-0.2, -0.15) is 0 Å². The molecule has 0 saturated heterocycles. The van der Waals surface area contributed by atoms with Crippen molar-refractivity contribution in [3.63, 3.8) is 0 Å². The minimum absolute atomic E-state index is 0. The molecule has 0 aromatic heterocycles. The van der Waals surface area contributed by atoms with Gasteiger partial charge in [0.15, 0.2) is 0 Å². The van der Waals surface area contributed by atoms with Crippen LogP contribution >= 0.6 is 0 Å². The van der Waals surface area contributed by atoms with Gasteiger partial charge in [-0.15, -0.1) is 0 Å². The molecule has 0 heterocycles. The van der Waals surface area contributed by atoms with E-state index in [9.17, 15) is 19.8 Å². The van der Waals surface area contributed by atoms with Gasteiger partial charge in [0.1, 0.15) is 0 Å². The molecule has 198 valence electrons. The van der Waals surface area contributed by atoms with Crippen LogP contribution in [0.2, 0.25) is 0 Å². The number of carboxylic acid groups (broad SMARTS) is 2. The zero-order valence-electron chi connectivity index (χ0n) is 24.0. The van der Waals surface area contributed by atoms with Crippen molar-refractivity contribution in [1.29, 1.82) is 0 Å². The first-order valence-corrected chi connectivity index (χ1v) is 14.0. The van der Waals surface area contributed by atoms with Gasteiger partial charge in [0.25, 0.3) is 0 Å². The van der Waals surface area contributed by atoms with Crippen LogP contribution in [-0.4, -0.2) is 25.2 Å². The number of hydrogen-bond donors (Lipinski definition) is 0. The van der Waals surface area contributed by atoms with Gasteiger partial charge in [-0.3, -0.25) is 0 Å². The van der Waals surface area contributed by atoms with Crippen LogP contribution in [0.25, 0.3) is 0 Å². The van der Waals surface area contributed by atoms with Crippen LogP contribution in [0.3, 0.4) is 0 Å². The Bertz CT molecular complexity index is 373. The smallest absolute Gasteiger partial charge is 0.550 e. The third-order valence-corrected chi connectivity index (χ3v) is 5.82. The predicted octanol–water partition coefficient (Wildman–Crippen LogP) is 0.119. The van der Waals surface area contributed by atoms with Gasteiger partial charge in [0.2, 0.25) is 0 Å². The molecule has 7 heteroatoms. The molecule has 0 aliphatic rings. The van der Waals surface area contributed by atoms with Crippen LogP contribution in [0.1, 0.15) is 155 Å². The fourth-order valence-electron chi connectivity index (χ4n) is 3.69. The van der Waals surface area contributed by atoms with Gasteiger partial charge < -0.3 is 24.5 Å². The number of hydrogen-bond acceptors (Lipinski definition) is 5. The summed E-state index contributed by atoms with van der Waals surface area (Å²) in [6, 6.07) is 0. The number of unbranched alkanes of at least 4 members (excludes halogenated alkanes) is 18. The molecular weight excluding hydrogens is 462 g/mol. The van der Waals surface area contributed by atoms with Gasteiger partial charge in [0, 0.05) is 25.2 Å². The van der Waals surface area contributed by atoms with Crippen molar-refractivity contribution in [1.82, 2.24) is 0 Å². The van der Waals surface area contributed by atoms with Crippen molar-refractivity contribution in [2.75, 3.05) is 13.2 Å². The first-order valence-electron chi connectivity index (χ1n) is 14.0. The first kappa shape index (κ1) is 43.0. The van der Waals surface area contributed by atoms with E-state index in [1.54, 1.807) is 0 Å². The standard InChI is InChI=1S/C24H50O.C4H6O4.2Na/c1-3-5-7-9-11-13-15-17-19-21-23-25-24-22-20-18-16-14-12-10-8-6-4-2;5-3(6)1-2-4(7)8;;/h3-24H2,1-2H3;1-2H2,(H,5,6)(H,7,8);;/q;;2*+1/p-2. The first-order chi connectivity index (χ1) is 16.0. The molecule has 0 rings (SSSR count). The SMILES string of the molecule is CCCCCCCCCCCCOCCCCCCCCCCCC.O=C([O-])CCC(=O)[O-].[Na+].[Na+]. The summed E-state index contributed by atoms with van der Waals surface area (Å²) in [7, 11) is 0. The molecule has 0 fully saturated rings. The van der Waals surface area contributed by atoms with Crippen molar-refractivity contribution in [2.24, 2.45) is 0 Å². The van der Waals surface area contributed by atoms with Gasteiger partial charge in [-0.1, -0.05) is 129 Å². The third-order valence-electron chi connectivity index (χ3n) is 5.82. The van der Waals surface area contributed by atoms with Crippen molar-refractivity contribution >= 4 is 11.9 Å². The molecule has 0 aliphatic heterocycles. The molecule has 0 spiro atoms. The Hall–Kier alpha value is 0.900. The van der Waals surface area contributed by atoms with Crippen LogP contribution in [0.4, 0.5) is 0 Å². The summed E-state index contributed by atoms with van der Waals surface area (Å²) >= 11 is 0. The Labute approximate surface area is 261 Å². The van der Waals surface area contributed by atoms with Crippen molar-refractivity contribution in [3.05, 3.63) is 0 Å². The number of ether oxygens (including phenoxy) is 1. The summed E-state index contributed by atoms with van der Waals surface area (Å²) in [4.78, 5) is 19.0. The maximum absolute atomic E-state index is 9.50. The van der Waals surface area contributed by atoms with E-state index in [1.165, 1.54) is 128 Å². The van der Waals surface area contributed by atoms with E-state index >= 15 is 0 Å². The van der Waals surface area contributed by atoms with E-state index in [0.29, 0.717) is 0 Å². The van der Waals surface area contributed by atoms with Crippen LogP contribution < -0.4 is 69.3 Å². The zero-order chi connectivity index (χ0) is 24.8. The summed E-state index contributed by atoms with van der Waals surface area (Å²) in [6.07, 6.45) is 27.2. The number of rotatable bonds is 25. The second-order valence-corrected chi connectivity index (χ2v) is 9.22. The average molecular weight is 517 g/mol. The second kappa shape index (κ2) is 39.4. The average Bonchev–Trinajstić information content (AvgIpc) is 2.79. The minimum Gasteiger partial charge on any atom is -0.550 e. The van der Waals surface area contributed by atoms with Crippen LogP contribution in [0.15, 0.2) is 0 Å². The Kier molecular flexibility index (Phi) is 48.4.